The molecule has 0 radical (unpaired) electrons. The van der Waals surface area contributed by atoms with Gasteiger partial charge < -0.3 is 10.6 Å². The topological polar surface area (TPSA) is 59.2 Å². The molecular formula is C16H21Cl2N3O. The predicted molar refractivity (Wildman–Crippen MR) is 93.9 cm³/mol. The van der Waals surface area contributed by atoms with Crippen LogP contribution in [0.4, 0.5) is 0 Å². The molecule has 2 aromatic rings. The summed E-state index contributed by atoms with van der Waals surface area (Å²) in [5.74, 6) is 0.524. The molecule has 0 spiro atoms. The molecule has 1 aromatic carbocycles. The van der Waals surface area contributed by atoms with Gasteiger partial charge in [-0.3, -0.25) is 9.78 Å². The highest BCUT2D eigenvalue weighted by Crippen LogP contribution is 2.26. The molecule has 1 saturated heterocycles. The molecule has 1 aliphatic rings. The van der Waals surface area contributed by atoms with Gasteiger partial charge >= 0.3 is 0 Å². The van der Waals surface area contributed by atoms with Crippen molar-refractivity contribution >= 4 is 41.5 Å². The van der Waals surface area contributed by atoms with Gasteiger partial charge in [-0.1, -0.05) is 12.1 Å². The molecule has 120 valence electrons. The standard InChI is InChI=1S/C16H19N3O.2ClH/c1-11-7-12(8-17)10-19(11)16(20)15-4-2-3-13-9-18-6-5-14(13)15;;/h2-6,9,11-12H,7-8,10,17H2,1H3;2*1H. The number of hydrogen-bond donors (Lipinski definition) is 1. The first-order valence-electron chi connectivity index (χ1n) is 7.04. The van der Waals surface area contributed by atoms with Gasteiger partial charge in [-0.05, 0) is 43.3 Å². The van der Waals surface area contributed by atoms with Crippen LogP contribution in [0.3, 0.4) is 0 Å². The number of amides is 1. The largest absolute Gasteiger partial charge is 0.336 e. The van der Waals surface area contributed by atoms with Crippen LogP contribution in [-0.4, -0.2) is 34.9 Å². The van der Waals surface area contributed by atoms with E-state index in [0.717, 1.165) is 29.3 Å². The lowest BCUT2D eigenvalue weighted by Crippen LogP contribution is -2.34. The molecule has 4 nitrogen and oxygen atoms in total. The molecule has 0 bridgehead atoms. The quantitative estimate of drug-likeness (QED) is 0.913. The first kappa shape index (κ1) is 18.7. The van der Waals surface area contributed by atoms with Crippen LogP contribution in [0.2, 0.25) is 0 Å². The van der Waals surface area contributed by atoms with Crippen LogP contribution in [0, 0.1) is 5.92 Å². The normalized spacial score (nSPS) is 20.4. The number of nitrogens with two attached hydrogens (primary N) is 1. The van der Waals surface area contributed by atoms with Crippen LogP contribution >= 0.6 is 24.8 Å². The Balaban J connectivity index is 0.00000121. The summed E-state index contributed by atoms with van der Waals surface area (Å²) in [5, 5.41) is 1.97. The number of rotatable bonds is 2. The number of fused-ring (bicyclic) bond motifs is 1. The maximum Gasteiger partial charge on any atom is 0.254 e. The molecule has 1 aliphatic heterocycles. The zero-order valence-electron chi connectivity index (χ0n) is 12.4. The number of hydrogen-bond acceptors (Lipinski definition) is 3. The lowest BCUT2D eigenvalue weighted by molar-refractivity contribution is 0.0745. The summed E-state index contributed by atoms with van der Waals surface area (Å²) >= 11 is 0. The van der Waals surface area contributed by atoms with E-state index in [1.807, 2.05) is 29.2 Å². The summed E-state index contributed by atoms with van der Waals surface area (Å²) in [6.45, 7) is 3.51. The molecule has 2 N–H and O–H groups in total. The summed E-state index contributed by atoms with van der Waals surface area (Å²) in [6.07, 6.45) is 4.52. The van der Waals surface area contributed by atoms with Crippen molar-refractivity contribution in [2.75, 3.05) is 13.1 Å². The minimum atomic E-state index is 0. The molecule has 1 aromatic heterocycles. The highest BCUT2D eigenvalue weighted by atomic mass is 35.5. The monoisotopic (exact) mass is 341 g/mol. The van der Waals surface area contributed by atoms with E-state index in [0.29, 0.717) is 12.5 Å². The van der Waals surface area contributed by atoms with Crippen molar-refractivity contribution in [3.63, 3.8) is 0 Å². The lowest BCUT2D eigenvalue weighted by Gasteiger charge is -2.22. The average Bonchev–Trinajstić information content (AvgIpc) is 2.87. The Bertz CT molecular complexity index is 645. The van der Waals surface area contributed by atoms with E-state index in [2.05, 4.69) is 11.9 Å². The van der Waals surface area contributed by atoms with Gasteiger partial charge in [-0.15, -0.1) is 24.8 Å². The van der Waals surface area contributed by atoms with Crippen LogP contribution in [0.25, 0.3) is 10.8 Å². The Morgan fingerprint density at radius 2 is 2.14 bits per heavy atom. The molecule has 2 atom stereocenters. The maximum absolute atomic E-state index is 12.8. The molecule has 2 unspecified atom stereocenters. The van der Waals surface area contributed by atoms with Crippen molar-refractivity contribution in [3.8, 4) is 0 Å². The van der Waals surface area contributed by atoms with E-state index < -0.39 is 0 Å². The van der Waals surface area contributed by atoms with Gasteiger partial charge in [-0.2, -0.15) is 0 Å². The predicted octanol–water partition coefficient (Wildman–Crippen LogP) is 2.89. The van der Waals surface area contributed by atoms with Crippen LogP contribution in [0.15, 0.2) is 36.7 Å². The van der Waals surface area contributed by atoms with Crippen molar-refractivity contribution in [2.45, 2.75) is 19.4 Å². The number of carbonyl (C=O) groups is 1. The smallest absolute Gasteiger partial charge is 0.254 e. The number of carbonyl (C=O) groups excluding carboxylic acids is 1. The van der Waals surface area contributed by atoms with Crippen molar-refractivity contribution in [2.24, 2.45) is 11.7 Å². The van der Waals surface area contributed by atoms with Crippen molar-refractivity contribution < 1.29 is 4.79 Å². The van der Waals surface area contributed by atoms with E-state index in [9.17, 15) is 4.79 Å². The van der Waals surface area contributed by atoms with E-state index in [-0.39, 0.29) is 36.8 Å². The number of benzene rings is 1. The number of halogens is 2. The Hall–Kier alpha value is -1.36. The van der Waals surface area contributed by atoms with E-state index in [1.54, 1.807) is 12.4 Å². The van der Waals surface area contributed by atoms with Gasteiger partial charge in [0.15, 0.2) is 0 Å². The molecule has 2 heterocycles. The Labute approximate surface area is 142 Å². The van der Waals surface area contributed by atoms with Gasteiger partial charge in [0, 0.05) is 35.9 Å². The minimum Gasteiger partial charge on any atom is -0.336 e. The minimum absolute atomic E-state index is 0. The summed E-state index contributed by atoms with van der Waals surface area (Å²) < 4.78 is 0. The van der Waals surface area contributed by atoms with Crippen molar-refractivity contribution in [3.05, 3.63) is 42.2 Å². The second kappa shape index (κ2) is 7.77. The first-order chi connectivity index (χ1) is 9.70. The molecule has 1 fully saturated rings. The molecule has 6 heteroatoms. The third-order valence-corrected chi connectivity index (χ3v) is 4.17. The van der Waals surface area contributed by atoms with Crippen LogP contribution < -0.4 is 5.73 Å². The van der Waals surface area contributed by atoms with Crippen LogP contribution in [-0.2, 0) is 0 Å². The molecule has 0 saturated carbocycles. The number of likely N-dealkylation sites (tertiary alicyclic amines) is 1. The van der Waals surface area contributed by atoms with E-state index in [1.165, 1.54) is 0 Å². The fourth-order valence-corrected chi connectivity index (χ4v) is 3.06. The molecule has 0 aliphatic carbocycles. The second-order valence-electron chi connectivity index (χ2n) is 5.55. The fraction of sp³-hybridized carbons (Fsp3) is 0.375. The Morgan fingerprint density at radius 1 is 1.36 bits per heavy atom. The fourth-order valence-electron chi connectivity index (χ4n) is 3.06. The van der Waals surface area contributed by atoms with Gasteiger partial charge in [-0.25, -0.2) is 0 Å². The van der Waals surface area contributed by atoms with Gasteiger partial charge in [0.25, 0.3) is 5.91 Å². The molecule has 1 amide bonds. The highest BCUT2D eigenvalue weighted by Gasteiger charge is 2.32. The number of nitrogens with zero attached hydrogens (tertiary/aromatic N) is 2. The van der Waals surface area contributed by atoms with Gasteiger partial charge in [0.05, 0.1) is 0 Å². The highest BCUT2D eigenvalue weighted by molar-refractivity contribution is 6.07. The van der Waals surface area contributed by atoms with Crippen molar-refractivity contribution in [1.29, 1.82) is 0 Å². The van der Waals surface area contributed by atoms with Gasteiger partial charge in [0.1, 0.15) is 0 Å². The third-order valence-electron chi connectivity index (χ3n) is 4.17. The summed E-state index contributed by atoms with van der Waals surface area (Å²) in [4.78, 5) is 18.9. The molecule has 3 rings (SSSR count). The zero-order valence-corrected chi connectivity index (χ0v) is 14.1. The Morgan fingerprint density at radius 3 is 2.82 bits per heavy atom. The lowest BCUT2D eigenvalue weighted by atomic mass is 10.1. The number of pyridine rings is 1. The maximum atomic E-state index is 12.8. The average molecular weight is 342 g/mol. The van der Waals surface area contributed by atoms with E-state index >= 15 is 0 Å². The SMILES string of the molecule is CC1CC(CN)CN1C(=O)c1cccc2cnccc12.Cl.Cl. The van der Waals surface area contributed by atoms with Crippen LogP contribution in [0.1, 0.15) is 23.7 Å². The summed E-state index contributed by atoms with van der Waals surface area (Å²) in [7, 11) is 0. The zero-order chi connectivity index (χ0) is 14.1. The van der Waals surface area contributed by atoms with Crippen LogP contribution in [0.5, 0.6) is 0 Å². The van der Waals surface area contributed by atoms with E-state index in [4.69, 9.17) is 5.73 Å². The first-order valence-corrected chi connectivity index (χ1v) is 7.04. The second-order valence-corrected chi connectivity index (χ2v) is 5.55. The Kier molecular flexibility index (Phi) is 6.60. The van der Waals surface area contributed by atoms with Crippen molar-refractivity contribution in [1.82, 2.24) is 9.88 Å². The molecular weight excluding hydrogens is 321 g/mol. The van der Waals surface area contributed by atoms with Gasteiger partial charge in [0.2, 0.25) is 0 Å². The third kappa shape index (κ3) is 3.35. The molecule has 22 heavy (non-hydrogen) atoms. The summed E-state index contributed by atoms with van der Waals surface area (Å²) in [6, 6.07) is 7.96. The summed E-state index contributed by atoms with van der Waals surface area (Å²) in [5.41, 5.74) is 6.50. The number of aromatic nitrogens is 1.